The summed E-state index contributed by atoms with van der Waals surface area (Å²) in [6.07, 6.45) is 4.90. The van der Waals surface area contributed by atoms with Crippen molar-refractivity contribution in [1.82, 2.24) is 19.9 Å². The van der Waals surface area contributed by atoms with Gasteiger partial charge in [-0.2, -0.15) is 0 Å². The third kappa shape index (κ3) is 2.08. The van der Waals surface area contributed by atoms with Crippen molar-refractivity contribution in [2.24, 2.45) is 0 Å². The van der Waals surface area contributed by atoms with Gasteiger partial charge in [-0.25, -0.2) is 15.0 Å². The van der Waals surface area contributed by atoms with E-state index in [1.54, 1.807) is 24.5 Å². The van der Waals surface area contributed by atoms with E-state index < -0.39 is 0 Å². The number of rotatable bonds is 2. The second-order valence-electron chi connectivity index (χ2n) is 3.59. The van der Waals surface area contributed by atoms with Crippen molar-refractivity contribution in [1.29, 1.82) is 0 Å². The first-order valence-electron chi connectivity index (χ1n) is 5.27. The molecule has 0 saturated carbocycles. The zero-order valence-electron chi connectivity index (χ0n) is 9.21. The van der Waals surface area contributed by atoms with Gasteiger partial charge in [0.1, 0.15) is 17.0 Å². The van der Waals surface area contributed by atoms with Crippen molar-refractivity contribution in [2.45, 2.75) is 0 Å². The number of anilines is 2. The first-order chi connectivity index (χ1) is 8.83. The molecule has 0 amide bonds. The quantitative estimate of drug-likeness (QED) is 0.715. The van der Waals surface area contributed by atoms with E-state index in [9.17, 15) is 0 Å². The molecule has 6 heteroatoms. The molecule has 0 aliphatic carbocycles. The summed E-state index contributed by atoms with van der Waals surface area (Å²) in [6, 6.07) is 7.24. The van der Waals surface area contributed by atoms with Crippen molar-refractivity contribution in [3.63, 3.8) is 0 Å². The van der Waals surface area contributed by atoms with Crippen LogP contribution in [0.2, 0.25) is 5.15 Å². The van der Waals surface area contributed by atoms with Crippen LogP contribution >= 0.6 is 11.6 Å². The predicted octanol–water partition coefficient (Wildman–Crippen LogP) is 2.82. The summed E-state index contributed by atoms with van der Waals surface area (Å²) in [6.45, 7) is 0. The van der Waals surface area contributed by atoms with Crippen LogP contribution in [0, 0.1) is 0 Å². The Kier molecular flexibility index (Phi) is 2.74. The van der Waals surface area contributed by atoms with Crippen LogP contribution < -0.4 is 5.32 Å². The highest BCUT2D eigenvalue weighted by Crippen LogP contribution is 2.22. The Morgan fingerprint density at radius 3 is 2.89 bits per heavy atom. The van der Waals surface area contributed by atoms with E-state index in [-0.39, 0.29) is 0 Å². The summed E-state index contributed by atoms with van der Waals surface area (Å²) in [4.78, 5) is 16.6. The second kappa shape index (κ2) is 4.54. The second-order valence-corrected chi connectivity index (χ2v) is 3.98. The third-order valence-corrected chi connectivity index (χ3v) is 2.58. The highest BCUT2D eigenvalue weighted by Gasteiger charge is 2.06. The van der Waals surface area contributed by atoms with Crippen LogP contribution in [0.3, 0.4) is 0 Å². The van der Waals surface area contributed by atoms with E-state index in [4.69, 9.17) is 11.6 Å². The molecule has 3 aromatic heterocycles. The lowest BCUT2D eigenvalue weighted by atomic mass is 10.3. The average molecular weight is 258 g/mol. The fourth-order valence-corrected chi connectivity index (χ4v) is 1.73. The van der Waals surface area contributed by atoms with Gasteiger partial charge in [-0.1, -0.05) is 11.6 Å². The number of halogens is 1. The van der Waals surface area contributed by atoms with E-state index >= 15 is 0 Å². The van der Waals surface area contributed by atoms with Gasteiger partial charge in [-0.05, 0) is 24.3 Å². The molecule has 0 unspecified atom stereocenters. The minimum Gasteiger partial charge on any atom is -0.337 e. The molecule has 0 aromatic carbocycles. The topological polar surface area (TPSA) is 63.6 Å². The van der Waals surface area contributed by atoms with Gasteiger partial charge in [0.2, 0.25) is 0 Å². The molecule has 0 fully saturated rings. The van der Waals surface area contributed by atoms with Crippen LogP contribution in [0.4, 0.5) is 11.5 Å². The molecule has 0 aliphatic heterocycles. The Labute approximate surface area is 108 Å². The Morgan fingerprint density at radius 1 is 1.11 bits per heavy atom. The van der Waals surface area contributed by atoms with Crippen LogP contribution in [-0.2, 0) is 0 Å². The molecule has 3 aromatic rings. The molecular formula is C12H8ClN5. The van der Waals surface area contributed by atoms with Crippen LogP contribution in [0.1, 0.15) is 0 Å². The normalized spacial score (nSPS) is 10.5. The maximum atomic E-state index is 5.89. The van der Waals surface area contributed by atoms with Crippen molar-refractivity contribution in [3.05, 3.63) is 48.1 Å². The SMILES string of the molecule is Clc1ccc2ncnc(Nc3cccnc3)c2n1. The molecule has 0 radical (unpaired) electrons. The van der Waals surface area contributed by atoms with Crippen LogP contribution in [0.5, 0.6) is 0 Å². The van der Waals surface area contributed by atoms with E-state index in [0.717, 1.165) is 11.2 Å². The largest absolute Gasteiger partial charge is 0.337 e. The Bertz CT molecular complexity index is 686. The molecule has 3 heterocycles. The summed E-state index contributed by atoms with van der Waals surface area (Å²) in [7, 11) is 0. The van der Waals surface area contributed by atoms with E-state index in [1.807, 2.05) is 12.1 Å². The van der Waals surface area contributed by atoms with Crippen molar-refractivity contribution in [2.75, 3.05) is 5.32 Å². The van der Waals surface area contributed by atoms with E-state index in [1.165, 1.54) is 6.33 Å². The van der Waals surface area contributed by atoms with Gasteiger partial charge in [-0.15, -0.1) is 0 Å². The number of fused-ring (bicyclic) bond motifs is 1. The number of hydrogen-bond acceptors (Lipinski definition) is 5. The van der Waals surface area contributed by atoms with E-state index in [0.29, 0.717) is 16.5 Å². The van der Waals surface area contributed by atoms with Crippen molar-refractivity contribution in [3.8, 4) is 0 Å². The standard InChI is InChI=1S/C12H8ClN5/c13-10-4-3-9-11(18-10)12(16-7-15-9)17-8-2-1-5-14-6-8/h1-7H,(H,15,16,17). The fraction of sp³-hybridized carbons (Fsp3) is 0. The predicted molar refractivity (Wildman–Crippen MR) is 69.9 cm³/mol. The Hall–Kier alpha value is -2.27. The molecule has 0 aliphatic rings. The van der Waals surface area contributed by atoms with Gasteiger partial charge in [0.25, 0.3) is 0 Å². The number of nitrogens with zero attached hydrogens (tertiary/aromatic N) is 4. The lowest BCUT2D eigenvalue weighted by Gasteiger charge is -2.06. The molecule has 0 bridgehead atoms. The highest BCUT2D eigenvalue weighted by atomic mass is 35.5. The van der Waals surface area contributed by atoms with Crippen LogP contribution in [0.25, 0.3) is 11.0 Å². The summed E-state index contributed by atoms with van der Waals surface area (Å²) in [5.74, 6) is 0.607. The minimum absolute atomic E-state index is 0.409. The average Bonchev–Trinajstić information content (AvgIpc) is 2.41. The first kappa shape index (κ1) is 10.9. The van der Waals surface area contributed by atoms with Gasteiger partial charge >= 0.3 is 0 Å². The van der Waals surface area contributed by atoms with E-state index in [2.05, 4.69) is 25.3 Å². The summed E-state index contributed by atoms with van der Waals surface area (Å²) in [5.41, 5.74) is 2.20. The zero-order chi connectivity index (χ0) is 12.4. The molecule has 0 saturated heterocycles. The van der Waals surface area contributed by atoms with Gasteiger partial charge in [-0.3, -0.25) is 4.98 Å². The molecule has 1 N–H and O–H groups in total. The fourth-order valence-electron chi connectivity index (χ4n) is 1.58. The Balaban J connectivity index is 2.09. The van der Waals surface area contributed by atoms with Gasteiger partial charge in [0, 0.05) is 6.20 Å². The van der Waals surface area contributed by atoms with Crippen molar-refractivity contribution >= 4 is 34.1 Å². The molecule has 5 nitrogen and oxygen atoms in total. The van der Waals surface area contributed by atoms with Crippen LogP contribution in [0.15, 0.2) is 43.0 Å². The third-order valence-electron chi connectivity index (χ3n) is 2.37. The number of hydrogen-bond donors (Lipinski definition) is 1. The lowest BCUT2D eigenvalue weighted by Crippen LogP contribution is -1.97. The minimum atomic E-state index is 0.409. The molecule has 18 heavy (non-hydrogen) atoms. The van der Waals surface area contributed by atoms with Gasteiger partial charge in [0.05, 0.1) is 17.4 Å². The summed E-state index contributed by atoms with van der Waals surface area (Å²) < 4.78 is 0. The Morgan fingerprint density at radius 2 is 2.06 bits per heavy atom. The molecular weight excluding hydrogens is 250 g/mol. The number of pyridine rings is 2. The first-order valence-corrected chi connectivity index (χ1v) is 5.65. The number of nitrogens with one attached hydrogen (secondary N) is 1. The van der Waals surface area contributed by atoms with Gasteiger partial charge in [0.15, 0.2) is 5.82 Å². The molecule has 88 valence electrons. The monoisotopic (exact) mass is 257 g/mol. The highest BCUT2D eigenvalue weighted by molar-refractivity contribution is 6.29. The maximum absolute atomic E-state index is 5.89. The smallest absolute Gasteiger partial charge is 0.160 e. The summed E-state index contributed by atoms with van der Waals surface area (Å²) in [5, 5.41) is 3.55. The van der Waals surface area contributed by atoms with Gasteiger partial charge < -0.3 is 5.32 Å². The molecule has 3 rings (SSSR count). The zero-order valence-corrected chi connectivity index (χ0v) is 9.96. The molecule has 0 atom stereocenters. The van der Waals surface area contributed by atoms with Crippen molar-refractivity contribution < 1.29 is 0 Å². The maximum Gasteiger partial charge on any atom is 0.160 e. The summed E-state index contributed by atoms with van der Waals surface area (Å²) >= 11 is 5.89. The lowest BCUT2D eigenvalue weighted by molar-refractivity contribution is 1.19. The molecule has 0 spiro atoms. The van der Waals surface area contributed by atoms with Crippen LogP contribution in [-0.4, -0.2) is 19.9 Å². The number of aromatic nitrogens is 4.